The van der Waals surface area contributed by atoms with E-state index in [-0.39, 0.29) is 51.5 Å². The number of carbonyl (C=O) groups is 8. The zero-order chi connectivity index (χ0) is 43.0. The quantitative estimate of drug-likeness (QED) is 0.0841. The van der Waals surface area contributed by atoms with Crippen LogP contribution in [0.3, 0.4) is 0 Å². The molecular formula is C41H51N11O8. The second kappa shape index (κ2) is 21.6. The Morgan fingerprint density at radius 3 is 2.30 bits per heavy atom. The summed E-state index contributed by atoms with van der Waals surface area (Å²) in [7, 11) is 0. The molecule has 1 fully saturated rings. The summed E-state index contributed by atoms with van der Waals surface area (Å²) >= 11 is 0. The summed E-state index contributed by atoms with van der Waals surface area (Å²) in [6.07, 6.45) is 4.62. The van der Waals surface area contributed by atoms with Crippen LogP contribution in [0.1, 0.15) is 55.8 Å². The van der Waals surface area contributed by atoms with Crippen molar-refractivity contribution in [1.29, 1.82) is 0 Å². The van der Waals surface area contributed by atoms with Crippen LogP contribution in [0.15, 0.2) is 73.3 Å². The molecule has 19 nitrogen and oxygen atoms in total. The van der Waals surface area contributed by atoms with Gasteiger partial charge >= 0.3 is 0 Å². The number of amides is 8. The Hall–Kier alpha value is -7.05. The lowest BCUT2D eigenvalue weighted by Gasteiger charge is -2.25. The van der Waals surface area contributed by atoms with Crippen LogP contribution in [0.25, 0.3) is 10.9 Å². The van der Waals surface area contributed by atoms with Crippen molar-refractivity contribution in [3.8, 4) is 0 Å². The van der Waals surface area contributed by atoms with E-state index in [4.69, 9.17) is 5.73 Å². The van der Waals surface area contributed by atoms with Crippen molar-refractivity contribution in [1.82, 2.24) is 52.2 Å². The van der Waals surface area contributed by atoms with Gasteiger partial charge < -0.3 is 52.9 Å². The molecule has 0 saturated carbocycles. The number of hydrogen-bond donors (Lipinski definition) is 10. The third-order valence-corrected chi connectivity index (χ3v) is 9.91. The highest BCUT2D eigenvalue weighted by Gasteiger charge is 2.32. The van der Waals surface area contributed by atoms with Gasteiger partial charge in [-0.15, -0.1) is 0 Å². The lowest BCUT2D eigenvalue weighted by atomic mass is 10.0. The molecule has 0 bridgehead atoms. The number of rotatable bonds is 12. The Kier molecular flexibility index (Phi) is 15.9. The van der Waals surface area contributed by atoms with Crippen molar-refractivity contribution in [2.45, 2.75) is 88.5 Å². The molecule has 5 rings (SSSR count). The largest absolute Gasteiger partial charge is 0.368 e. The first-order valence-corrected chi connectivity index (χ1v) is 19.8. The van der Waals surface area contributed by atoms with Crippen LogP contribution in [0.4, 0.5) is 0 Å². The topological polar surface area (TPSA) is 291 Å². The van der Waals surface area contributed by atoms with Crippen molar-refractivity contribution in [2.75, 3.05) is 13.1 Å². The Labute approximate surface area is 345 Å². The van der Waals surface area contributed by atoms with Crippen LogP contribution in [-0.2, 0) is 57.6 Å². The maximum Gasteiger partial charge on any atom is 0.243 e. The lowest BCUT2D eigenvalue weighted by Crippen LogP contribution is -2.58. The van der Waals surface area contributed by atoms with Crippen LogP contribution in [0, 0.1) is 0 Å². The van der Waals surface area contributed by atoms with E-state index in [2.05, 4.69) is 52.2 Å². The van der Waals surface area contributed by atoms with E-state index in [1.807, 2.05) is 24.3 Å². The fourth-order valence-electron chi connectivity index (χ4n) is 6.73. The van der Waals surface area contributed by atoms with E-state index in [9.17, 15) is 38.4 Å². The first kappa shape index (κ1) is 44.1. The minimum absolute atomic E-state index is 0.00417. The van der Waals surface area contributed by atoms with Gasteiger partial charge in [-0.1, -0.05) is 55.5 Å². The average Bonchev–Trinajstić information content (AvgIpc) is 3.90. The standard InChI is InChI=1S/C41H51N11O8/c1-2-8-35(54)48-29-13-14-34(53)44-16-15-30(40(59)50-31(37(42)56)18-25-20-45-28-12-7-6-11-27(25)28)49-36(55)22-46-38(57)32(17-24-9-4-3-5-10-24)51-41(60)33(52-39(29)58)19-26-21-43-23-47-26/h3-7,9-12,20-21,23,29-33,45H,2,8,13-19,22H2,1H3,(H2,42,56)(H,43,47)(H,44,53)(H,46,57)(H,48,54)(H,49,55)(H,50,59)(H,51,60)(H,52,58)/t29?,30?,31-,32?,33-/m0/s1. The highest BCUT2D eigenvalue weighted by molar-refractivity contribution is 5.97. The number of hydrogen-bond acceptors (Lipinski definition) is 9. The second-order valence-electron chi connectivity index (χ2n) is 14.5. The molecule has 19 heteroatoms. The molecule has 60 heavy (non-hydrogen) atoms. The summed E-state index contributed by atoms with van der Waals surface area (Å²) in [4.78, 5) is 117. The van der Waals surface area contributed by atoms with Gasteiger partial charge in [0.15, 0.2) is 0 Å². The molecule has 3 unspecified atom stereocenters. The number of H-pyrrole nitrogens is 2. The number of aromatic amines is 2. The first-order chi connectivity index (χ1) is 28.9. The number of fused-ring (bicyclic) bond motifs is 1. The molecule has 1 aliphatic rings. The van der Waals surface area contributed by atoms with Crippen molar-refractivity contribution < 1.29 is 38.4 Å². The first-order valence-electron chi connectivity index (χ1n) is 19.8. The minimum Gasteiger partial charge on any atom is -0.368 e. The number of carbonyl (C=O) groups excluding carboxylic acids is 8. The minimum atomic E-state index is -1.31. The van der Waals surface area contributed by atoms with E-state index < -0.39 is 84.0 Å². The number of primary amides is 1. The maximum absolute atomic E-state index is 14.0. The molecule has 11 N–H and O–H groups in total. The van der Waals surface area contributed by atoms with Crippen molar-refractivity contribution in [2.24, 2.45) is 5.73 Å². The maximum atomic E-state index is 14.0. The molecule has 8 amide bonds. The molecule has 0 spiro atoms. The monoisotopic (exact) mass is 825 g/mol. The number of aromatic nitrogens is 3. The van der Waals surface area contributed by atoms with E-state index in [1.165, 1.54) is 12.5 Å². The van der Waals surface area contributed by atoms with Gasteiger partial charge in [0.05, 0.1) is 12.9 Å². The molecule has 5 atom stereocenters. The predicted octanol–water partition coefficient (Wildman–Crippen LogP) is -0.955. The number of para-hydroxylation sites is 1. The number of nitrogens with two attached hydrogens (primary N) is 1. The summed E-state index contributed by atoms with van der Waals surface area (Å²) < 4.78 is 0. The summed E-state index contributed by atoms with van der Waals surface area (Å²) in [5.74, 6) is -5.56. The molecule has 2 aromatic carbocycles. The molecular weight excluding hydrogens is 775 g/mol. The molecule has 318 valence electrons. The third kappa shape index (κ3) is 13.0. The zero-order valence-electron chi connectivity index (χ0n) is 33.2. The normalized spacial score (nSPS) is 20.4. The molecule has 1 aliphatic heterocycles. The summed E-state index contributed by atoms with van der Waals surface area (Å²) in [5, 5.41) is 19.3. The molecule has 1 saturated heterocycles. The van der Waals surface area contributed by atoms with E-state index in [1.54, 1.807) is 43.5 Å². The van der Waals surface area contributed by atoms with Crippen molar-refractivity contribution >= 4 is 58.2 Å². The fraction of sp³-hybridized carbons (Fsp3) is 0.390. The van der Waals surface area contributed by atoms with Crippen molar-refractivity contribution in [3.63, 3.8) is 0 Å². The van der Waals surface area contributed by atoms with E-state index in [0.29, 0.717) is 17.7 Å². The van der Waals surface area contributed by atoms with Gasteiger partial charge in [0.1, 0.15) is 30.2 Å². The fourth-order valence-corrected chi connectivity index (χ4v) is 6.73. The second-order valence-corrected chi connectivity index (χ2v) is 14.5. The van der Waals surface area contributed by atoms with Gasteiger partial charge in [0, 0.05) is 67.6 Å². The van der Waals surface area contributed by atoms with Gasteiger partial charge in [-0.3, -0.25) is 38.4 Å². The van der Waals surface area contributed by atoms with Crippen LogP contribution < -0.4 is 43.0 Å². The van der Waals surface area contributed by atoms with Crippen molar-refractivity contribution in [3.05, 3.63) is 90.1 Å². The Bertz CT molecular complexity index is 2140. The molecule has 4 aromatic rings. The molecule has 0 aliphatic carbocycles. The Morgan fingerprint density at radius 2 is 1.57 bits per heavy atom. The lowest BCUT2D eigenvalue weighted by molar-refractivity contribution is -0.134. The summed E-state index contributed by atoms with van der Waals surface area (Å²) in [6.45, 7) is 1.05. The van der Waals surface area contributed by atoms with Crippen LogP contribution >= 0.6 is 0 Å². The number of benzene rings is 2. The average molecular weight is 826 g/mol. The molecule has 3 heterocycles. The van der Waals surface area contributed by atoms with Gasteiger partial charge in [0.25, 0.3) is 0 Å². The van der Waals surface area contributed by atoms with Crippen LogP contribution in [-0.4, -0.2) is 106 Å². The zero-order valence-corrected chi connectivity index (χ0v) is 33.2. The SMILES string of the molecule is CCCC(=O)NC1CCC(=O)NCCC(C(=O)N[C@@H](Cc2c[nH]c3ccccc23)C(N)=O)NC(=O)CNC(=O)C(Cc2ccccc2)NC(=O)[C@H](Cc2cnc[nH]2)NC1=O. The van der Waals surface area contributed by atoms with E-state index in [0.717, 1.165) is 16.5 Å². The Balaban J connectivity index is 1.39. The highest BCUT2D eigenvalue weighted by Crippen LogP contribution is 2.19. The Morgan fingerprint density at radius 1 is 0.833 bits per heavy atom. The number of imidazole rings is 1. The predicted molar refractivity (Wildman–Crippen MR) is 218 cm³/mol. The summed E-state index contributed by atoms with van der Waals surface area (Å²) in [6, 6.07) is 9.99. The van der Waals surface area contributed by atoms with Crippen LogP contribution in [0.5, 0.6) is 0 Å². The number of nitrogens with zero attached hydrogens (tertiary/aromatic N) is 1. The van der Waals surface area contributed by atoms with E-state index >= 15 is 0 Å². The van der Waals surface area contributed by atoms with Gasteiger partial charge in [-0.2, -0.15) is 0 Å². The third-order valence-electron chi connectivity index (χ3n) is 9.91. The van der Waals surface area contributed by atoms with Gasteiger partial charge in [-0.25, -0.2) is 4.98 Å². The number of nitrogens with one attached hydrogen (secondary N) is 9. The van der Waals surface area contributed by atoms with Crippen LogP contribution in [0.2, 0.25) is 0 Å². The smallest absolute Gasteiger partial charge is 0.243 e. The highest BCUT2D eigenvalue weighted by atomic mass is 16.2. The van der Waals surface area contributed by atoms with Gasteiger partial charge in [-0.05, 0) is 36.5 Å². The molecule has 2 aromatic heterocycles. The molecule has 0 radical (unpaired) electrons. The summed E-state index contributed by atoms with van der Waals surface area (Å²) in [5.41, 5.74) is 8.42. The van der Waals surface area contributed by atoms with Gasteiger partial charge in [0.2, 0.25) is 47.3 Å².